The summed E-state index contributed by atoms with van der Waals surface area (Å²) in [6, 6.07) is 8.16. The van der Waals surface area contributed by atoms with Gasteiger partial charge in [-0.1, -0.05) is 150 Å². The van der Waals surface area contributed by atoms with Gasteiger partial charge in [0.15, 0.2) is 12.1 Å². The molecule has 450 valence electrons. The molecule has 0 saturated carbocycles. The standard InChI is InChI=1S/C62H96N8O11/c1-17-40(11)48-59(77)67(14)49(38(7)8)54(72)63-44(34-37(5)6)57(75)69(16)52(62(80,19-3)20-4)61(79)81-51(41(12)18-2)60(78)68(15)50(39(9)10)55(73)64-45(35-42-28-23-21-24-29-42)56(74)66(13)47(36-43-30-25-22-26-31-43)58(76)70-33-27-32-46(70)53(71)65-48/h21-26,28-31,37-41,44-52,80H,17-20,27,32-36H2,1-16H3,(H,63,72)(H,64,73)(H,65,71)/t40-,41-,44-,45-,46?,47-,48-,49-,50-,51+,52+/m0/s1. The summed E-state index contributed by atoms with van der Waals surface area (Å²) in [6.07, 6.45) is 0.0721. The van der Waals surface area contributed by atoms with Crippen molar-refractivity contribution in [1.82, 2.24) is 40.4 Å². The van der Waals surface area contributed by atoms with Gasteiger partial charge >= 0.3 is 5.97 Å². The average Bonchev–Trinajstić information content (AvgIpc) is 4.04. The number of likely N-dealkylation sites (N-methyl/N-ethyl adjacent to an activating group) is 4. The van der Waals surface area contributed by atoms with E-state index in [0.717, 1.165) is 10.5 Å². The number of esters is 1. The van der Waals surface area contributed by atoms with Crippen LogP contribution >= 0.6 is 0 Å². The smallest absolute Gasteiger partial charge is 0.332 e. The first-order chi connectivity index (χ1) is 38.1. The van der Waals surface area contributed by atoms with Gasteiger partial charge in [0.25, 0.3) is 5.91 Å². The van der Waals surface area contributed by atoms with Crippen molar-refractivity contribution in [3.63, 3.8) is 0 Å². The molecule has 0 spiro atoms. The van der Waals surface area contributed by atoms with Gasteiger partial charge in [-0.2, -0.15) is 0 Å². The van der Waals surface area contributed by atoms with Crippen molar-refractivity contribution >= 4 is 53.2 Å². The Morgan fingerprint density at radius 2 is 1.05 bits per heavy atom. The van der Waals surface area contributed by atoms with E-state index in [1.807, 2.05) is 76.2 Å². The molecular formula is C62H96N8O11. The van der Waals surface area contributed by atoms with E-state index in [1.165, 1.54) is 47.8 Å². The van der Waals surface area contributed by atoms with Crippen LogP contribution in [0.5, 0.6) is 0 Å². The van der Waals surface area contributed by atoms with Crippen LogP contribution in [-0.4, -0.2) is 178 Å². The Morgan fingerprint density at radius 3 is 1.53 bits per heavy atom. The first kappa shape index (κ1) is 67.1. The van der Waals surface area contributed by atoms with Crippen molar-refractivity contribution in [2.75, 3.05) is 34.7 Å². The van der Waals surface area contributed by atoms with Gasteiger partial charge in [0.1, 0.15) is 42.3 Å². The second-order valence-corrected chi connectivity index (χ2v) is 23.8. The molecule has 81 heavy (non-hydrogen) atoms. The van der Waals surface area contributed by atoms with Gasteiger partial charge in [-0.25, -0.2) is 4.79 Å². The number of amides is 8. The van der Waals surface area contributed by atoms with Crippen LogP contribution in [0.15, 0.2) is 60.7 Å². The quantitative estimate of drug-likeness (QED) is 0.170. The van der Waals surface area contributed by atoms with Crippen LogP contribution in [0, 0.1) is 29.6 Å². The number of hydrogen-bond donors (Lipinski definition) is 4. The van der Waals surface area contributed by atoms with Crippen LogP contribution in [0.25, 0.3) is 0 Å². The lowest BCUT2D eigenvalue weighted by atomic mass is 9.86. The van der Waals surface area contributed by atoms with E-state index < -0.39 is 137 Å². The minimum absolute atomic E-state index is 0.00595. The Balaban J connectivity index is 2.00. The summed E-state index contributed by atoms with van der Waals surface area (Å²) < 4.78 is 6.22. The zero-order valence-electron chi connectivity index (χ0n) is 51.2. The Labute approximate surface area is 482 Å². The number of carbonyl (C=O) groups is 9. The van der Waals surface area contributed by atoms with Crippen LogP contribution in [0.1, 0.15) is 139 Å². The number of cyclic esters (lactones) is 1. The summed E-state index contributed by atoms with van der Waals surface area (Å²) in [6.45, 7) is 21.4. The molecule has 19 nitrogen and oxygen atoms in total. The molecule has 0 radical (unpaired) electrons. The Morgan fingerprint density at radius 1 is 0.568 bits per heavy atom. The van der Waals surface area contributed by atoms with Crippen molar-refractivity contribution in [2.45, 2.75) is 201 Å². The fourth-order valence-corrected chi connectivity index (χ4v) is 11.4. The molecule has 2 aromatic carbocycles. The Kier molecular flexibility index (Phi) is 24.9. The van der Waals surface area contributed by atoms with Crippen LogP contribution in [0.3, 0.4) is 0 Å². The molecule has 11 atom stereocenters. The van der Waals surface area contributed by atoms with Crippen molar-refractivity contribution in [2.24, 2.45) is 29.6 Å². The highest BCUT2D eigenvalue weighted by atomic mass is 16.6. The monoisotopic (exact) mass is 1130 g/mol. The lowest BCUT2D eigenvalue weighted by molar-refractivity contribution is -0.180. The van der Waals surface area contributed by atoms with E-state index in [1.54, 1.807) is 67.5 Å². The van der Waals surface area contributed by atoms with E-state index in [2.05, 4.69) is 16.0 Å². The molecule has 1 unspecified atom stereocenters. The molecule has 0 aliphatic carbocycles. The predicted molar refractivity (Wildman–Crippen MR) is 311 cm³/mol. The number of fused-ring (bicyclic) bond motifs is 1. The number of ether oxygens (including phenoxy) is 1. The number of hydrogen-bond acceptors (Lipinski definition) is 11. The molecule has 2 fully saturated rings. The minimum Gasteiger partial charge on any atom is -0.450 e. The molecule has 2 aliphatic heterocycles. The highest BCUT2D eigenvalue weighted by molar-refractivity contribution is 5.99. The fourth-order valence-electron chi connectivity index (χ4n) is 11.4. The molecule has 0 aromatic heterocycles. The van der Waals surface area contributed by atoms with Crippen molar-refractivity contribution in [3.05, 3.63) is 71.8 Å². The van der Waals surface area contributed by atoms with Gasteiger partial charge in [-0.15, -0.1) is 0 Å². The summed E-state index contributed by atoms with van der Waals surface area (Å²) in [4.78, 5) is 142. The average molecular weight is 1130 g/mol. The second kappa shape index (κ2) is 30.1. The topological polar surface area (TPSA) is 235 Å². The SMILES string of the molecule is CC[C@H](C)[C@@H]1NC(=O)C2CCCN2C(=O)[C@H](Cc2ccccc2)N(C)C(=O)[C@H](Cc2ccccc2)NC(=O)[C@H](C(C)C)N(C)C(=O)[C@@H]([C@@H](C)CC)OC(=O)[C@H](C(O)(CC)CC)N(C)C(=O)[C@H](CC(C)C)NC(=O)[C@H](C(C)C)N(C)C1=O. The van der Waals surface area contributed by atoms with Crippen molar-refractivity contribution in [3.8, 4) is 0 Å². The van der Waals surface area contributed by atoms with Crippen LogP contribution in [0.2, 0.25) is 0 Å². The lowest BCUT2D eigenvalue weighted by Gasteiger charge is -2.41. The van der Waals surface area contributed by atoms with Crippen LogP contribution in [0.4, 0.5) is 0 Å². The number of rotatable bonds is 15. The van der Waals surface area contributed by atoms with Crippen molar-refractivity contribution in [1.29, 1.82) is 0 Å². The van der Waals surface area contributed by atoms with Crippen LogP contribution < -0.4 is 16.0 Å². The number of aliphatic hydroxyl groups is 1. The highest BCUT2D eigenvalue weighted by Gasteiger charge is 2.50. The third-order valence-electron chi connectivity index (χ3n) is 16.9. The first-order valence-corrected chi connectivity index (χ1v) is 29.4. The van der Waals surface area contributed by atoms with Gasteiger partial charge < -0.3 is 50.3 Å². The van der Waals surface area contributed by atoms with Gasteiger partial charge in [0.2, 0.25) is 41.4 Å². The van der Waals surface area contributed by atoms with E-state index >= 15 is 24.0 Å². The summed E-state index contributed by atoms with van der Waals surface area (Å²) >= 11 is 0. The minimum atomic E-state index is -1.89. The van der Waals surface area contributed by atoms with E-state index in [-0.39, 0.29) is 51.0 Å². The zero-order chi connectivity index (χ0) is 60.8. The lowest BCUT2D eigenvalue weighted by Crippen LogP contribution is -2.63. The van der Waals surface area contributed by atoms with Crippen LogP contribution in [-0.2, 0) is 60.7 Å². The molecule has 8 amide bonds. The van der Waals surface area contributed by atoms with E-state index in [9.17, 15) is 24.3 Å². The summed E-state index contributed by atoms with van der Waals surface area (Å²) in [5.41, 5.74) is -0.465. The largest absolute Gasteiger partial charge is 0.450 e. The molecule has 0 bridgehead atoms. The fraction of sp³-hybridized carbons (Fsp3) is 0.661. The summed E-state index contributed by atoms with van der Waals surface area (Å²) in [5, 5.41) is 21.1. The maximum atomic E-state index is 15.3. The molecule has 2 saturated heterocycles. The first-order valence-electron chi connectivity index (χ1n) is 29.4. The number of benzene rings is 2. The molecule has 2 aliphatic rings. The van der Waals surface area contributed by atoms with E-state index in [0.29, 0.717) is 24.8 Å². The molecule has 4 rings (SSSR count). The zero-order valence-corrected chi connectivity index (χ0v) is 51.2. The van der Waals surface area contributed by atoms with E-state index in [4.69, 9.17) is 4.74 Å². The Hall–Kier alpha value is -6.37. The van der Waals surface area contributed by atoms with Gasteiger partial charge in [-0.3, -0.25) is 38.4 Å². The van der Waals surface area contributed by atoms with Gasteiger partial charge in [0.05, 0.1) is 5.60 Å². The molecule has 19 heteroatoms. The Bertz CT molecular complexity index is 2470. The number of nitrogens with one attached hydrogen (secondary N) is 3. The second-order valence-electron chi connectivity index (χ2n) is 23.8. The number of nitrogens with zero attached hydrogens (tertiary/aromatic N) is 5. The normalized spacial score (nSPS) is 26.1. The van der Waals surface area contributed by atoms with Gasteiger partial charge in [0, 0.05) is 53.5 Å². The molecular weight excluding hydrogens is 1030 g/mol. The summed E-state index contributed by atoms with van der Waals surface area (Å²) in [7, 11) is 5.73. The maximum Gasteiger partial charge on any atom is 0.332 e. The van der Waals surface area contributed by atoms with Crippen molar-refractivity contribution < 1.29 is 53.0 Å². The third-order valence-corrected chi connectivity index (χ3v) is 16.9. The highest BCUT2D eigenvalue weighted by Crippen LogP contribution is 2.30. The molecule has 2 heterocycles. The maximum absolute atomic E-state index is 15.3. The predicted octanol–water partition coefficient (Wildman–Crippen LogP) is 5.15. The molecule has 2 aromatic rings. The van der Waals surface area contributed by atoms with Gasteiger partial charge in [-0.05, 0) is 73.3 Å². The number of carbonyl (C=O) groups excluding carboxylic acids is 9. The summed E-state index contributed by atoms with van der Waals surface area (Å²) in [5.74, 6) is -8.57. The molecule has 4 N–H and O–H groups in total. The third kappa shape index (κ3) is 16.4.